The van der Waals surface area contributed by atoms with Crippen molar-refractivity contribution in [3.05, 3.63) is 11.2 Å². The van der Waals surface area contributed by atoms with Crippen LogP contribution in [0.1, 0.15) is 17.4 Å². The highest BCUT2D eigenvalue weighted by Crippen LogP contribution is 2.19. The van der Waals surface area contributed by atoms with Crippen LogP contribution in [0.25, 0.3) is 0 Å². The molecular formula is C11H17N3O5S2. The van der Waals surface area contributed by atoms with Crippen LogP contribution in [0.4, 0.5) is 0 Å². The highest BCUT2D eigenvalue weighted by atomic mass is 32.2. The van der Waals surface area contributed by atoms with Crippen molar-refractivity contribution in [3.8, 4) is 0 Å². The molecule has 0 aliphatic carbocycles. The Morgan fingerprint density at radius 2 is 2.43 bits per heavy atom. The average Bonchev–Trinajstić information content (AvgIpc) is 2.96. The van der Waals surface area contributed by atoms with E-state index in [0.29, 0.717) is 13.2 Å². The van der Waals surface area contributed by atoms with Gasteiger partial charge in [0.2, 0.25) is 0 Å². The largest absolute Gasteiger partial charge is 0.476 e. The fraction of sp³-hybridized carbons (Fsp3) is 0.636. The summed E-state index contributed by atoms with van der Waals surface area (Å²) >= 11 is 0.783. The highest BCUT2D eigenvalue weighted by Gasteiger charge is 2.27. The van der Waals surface area contributed by atoms with Crippen molar-refractivity contribution in [2.45, 2.75) is 17.2 Å². The van der Waals surface area contributed by atoms with Crippen LogP contribution in [0.2, 0.25) is 0 Å². The zero-order valence-electron chi connectivity index (χ0n) is 11.5. The second-order valence-electron chi connectivity index (χ2n) is 4.53. The van der Waals surface area contributed by atoms with Gasteiger partial charge in [-0.15, -0.1) is 11.3 Å². The number of carbonyl (C=O) groups is 1. The lowest BCUT2D eigenvalue weighted by Gasteiger charge is -2.32. The minimum Gasteiger partial charge on any atom is -0.476 e. The first-order chi connectivity index (χ1) is 9.94. The first-order valence-corrected chi connectivity index (χ1v) is 8.80. The molecule has 1 aliphatic heterocycles. The predicted octanol–water partition coefficient (Wildman–Crippen LogP) is -0.160. The van der Waals surface area contributed by atoms with Gasteiger partial charge in [-0.3, -0.25) is 4.90 Å². The molecule has 1 atom stereocenters. The molecule has 10 heteroatoms. The van der Waals surface area contributed by atoms with Crippen molar-refractivity contribution >= 4 is 27.3 Å². The van der Waals surface area contributed by atoms with E-state index in [1.807, 2.05) is 6.92 Å². The SMILES string of the molecule is CCN1CCOC(CNS(=O)(=O)c2scnc2C(=O)O)C1. The third-order valence-electron chi connectivity index (χ3n) is 3.15. The van der Waals surface area contributed by atoms with Gasteiger partial charge in [-0.2, -0.15) is 0 Å². The number of aromatic nitrogens is 1. The summed E-state index contributed by atoms with van der Waals surface area (Å²) in [6.07, 6.45) is -0.241. The van der Waals surface area contributed by atoms with E-state index in [0.717, 1.165) is 24.4 Å². The van der Waals surface area contributed by atoms with Gasteiger partial charge in [0.15, 0.2) is 9.90 Å². The third-order valence-corrected chi connectivity index (χ3v) is 5.95. The van der Waals surface area contributed by atoms with Crippen LogP contribution in [0.5, 0.6) is 0 Å². The maximum Gasteiger partial charge on any atom is 0.356 e. The molecule has 118 valence electrons. The summed E-state index contributed by atoms with van der Waals surface area (Å²) < 4.78 is 31.9. The number of likely N-dealkylation sites (N-methyl/N-ethyl adjacent to an activating group) is 1. The van der Waals surface area contributed by atoms with E-state index in [9.17, 15) is 13.2 Å². The number of thiazole rings is 1. The molecule has 2 rings (SSSR count). The maximum atomic E-state index is 12.1. The molecule has 1 aromatic rings. The van der Waals surface area contributed by atoms with E-state index in [1.54, 1.807) is 0 Å². The van der Waals surface area contributed by atoms with Gasteiger partial charge in [0, 0.05) is 19.6 Å². The molecule has 1 saturated heterocycles. The zero-order chi connectivity index (χ0) is 15.5. The van der Waals surface area contributed by atoms with E-state index in [2.05, 4.69) is 14.6 Å². The molecular weight excluding hydrogens is 318 g/mol. The Labute approximate surface area is 126 Å². The van der Waals surface area contributed by atoms with Crippen LogP contribution in [-0.2, 0) is 14.8 Å². The lowest BCUT2D eigenvalue weighted by molar-refractivity contribution is -0.0229. The summed E-state index contributed by atoms with van der Waals surface area (Å²) in [6.45, 7) is 5.05. The predicted molar refractivity (Wildman–Crippen MR) is 76.1 cm³/mol. The van der Waals surface area contributed by atoms with Crippen molar-refractivity contribution in [2.24, 2.45) is 0 Å². The smallest absolute Gasteiger partial charge is 0.356 e. The second kappa shape index (κ2) is 6.79. The van der Waals surface area contributed by atoms with E-state index < -0.39 is 21.7 Å². The molecule has 0 amide bonds. The topological polar surface area (TPSA) is 109 Å². The number of rotatable bonds is 6. The van der Waals surface area contributed by atoms with Crippen molar-refractivity contribution in [2.75, 3.05) is 32.8 Å². The Kier molecular flexibility index (Phi) is 5.27. The van der Waals surface area contributed by atoms with Crippen molar-refractivity contribution in [1.29, 1.82) is 0 Å². The van der Waals surface area contributed by atoms with Crippen molar-refractivity contribution in [1.82, 2.24) is 14.6 Å². The molecule has 2 N–H and O–H groups in total. The van der Waals surface area contributed by atoms with Gasteiger partial charge >= 0.3 is 5.97 Å². The molecule has 0 bridgehead atoms. The summed E-state index contributed by atoms with van der Waals surface area (Å²) in [5.41, 5.74) is 0.751. The number of nitrogens with one attached hydrogen (secondary N) is 1. The monoisotopic (exact) mass is 335 g/mol. The number of hydrogen-bond acceptors (Lipinski definition) is 7. The van der Waals surface area contributed by atoms with Crippen molar-refractivity contribution in [3.63, 3.8) is 0 Å². The molecule has 0 spiro atoms. The average molecular weight is 335 g/mol. The van der Waals surface area contributed by atoms with Crippen LogP contribution in [-0.4, -0.2) is 68.3 Å². The first-order valence-electron chi connectivity index (χ1n) is 6.44. The van der Waals surface area contributed by atoms with E-state index >= 15 is 0 Å². The van der Waals surface area contributed by atoms with Gasteiger partial charge in [-0.1, -0.05) is 6.92 Å². The lowest BCUT2D eigenvalue weighted by atomic mass is 10.3. The van der Waals surface area contributed by atoms with Crippen LogP contribution < -0.4 is 4.72 Å². The molecule has 1 unspecified atom stereocenters. The van der Waals surface area contributed by atoms with Gasteiger partial charge in [0.1, 0.15) is 0 Å². The van der Waals surface area contributed by atoms with Crippen LogP contribution in [0.15, 0.2) is 9.72 Å². The molecule has 1 fully saturated rings. The number of sulfonamides is 1. The highest BCUT2D eigenvalue weighted by molar-refractivity contribution is 7.91. The third kappa shape index (κ3) is 3.98. The number of hydrogen-bond donors (Lipinski definition) is 2. The van der Waals surface area contributed by atoms with Crippen LogP contribution in [0.3, 0.4) is 0 Å². The Balaban J connectivity index is 2.01. The molecule has 8 nitrogen and oxygen atoms in total. The summed E-state index contributed by atoms with van der Waals surface area (Å²) in [5, 5.41) is 8.92. The first kappa shape index (κ1) is 16.3. The minimum absolute atomic E-state index is 0.107. The van der Waals surface area contributed by atoms with Gasteiger partial charge < -0.3 is 9.84 Å². The molecule has 0 aromatic carbocycles. The van der Waals surface area contributed by atoms with Gasteiger partial charge in [0.05, 0.1) is 18.2 Å². The Morgan fingerprint density at radius 1 is 1.67 bits per heavy atom. The number of nitrogens with zero attached hydrogens (tertiary/aromatic N) is 2. The van der Waals surface area contributed by atoms with E-state index in [4.69, 9.17) is 9.84 Å². The van der Waals surface area contributed by atoms with Crippen molar-refractivity contribution < 1.29 is 23.1 Å². The molecule has 1 aliphatic rings. The number of carboxylic acids is 1. The molecule has 0 radical (unpaired) electrons. The normalized spacial score (nSPS) is 20.5. The number of aromatic carboxylic acids is 1. The summed E-state index contributed by atoms with van der Waals surface area (Å²) in [5.74, 6) is -1.36. The number of morpholine rings is 1. The maximum absolute atomic E-state index is 12.1. The molecule has 21 heavy (non-hydrogen) atoms. The zero-order valence-corrected chi connectivity index (χ0v) is 13.1. The standard InChI is InChI=1S/C11H17N3O5S2/c1-2-14-3-4-19-8(6-14)5-13-21(17,18)11-9(10(15)16)12-7-20-11/h7-8,13H,2-6H2,1H3,(H,15,16). The summed E-state index contributed by atoms with van der Waals surface area (Å²) in [7, 11) is -3.89. The minimum atomic E-state index is -3.89. The van der Waals surface area contributed by atoms with E-state index in [1.165, 1.54) is 5.51 Å². The Bertz CT molecular complexity index is 601. The fourth-order valence-corrected chi connectivity index (χ4v) is 4.28. The van der Waals surface area contributed by atoms with Gasteiger partial charge in [-0.25, -0.2) is 22.9 Å². The van der Waals surface area contributed by atoms with E-state index in [-0.39, 0.29) is 16.9 Å². The second-order valence-corrected chi connectivity index (χ2v) is 7.35. The summed E-state index contributed by atoms with van der Waals surface area (Å²) in [4.78, 5) is 16.7. The molecule has 2 heterocycles. The summed E-state index contributed by atoms with van der Waals surface area (Å²) in [6, 6.07) is 0. The molecule has 1 aromatic heterocycles. The fourth-order valence-electron chi connectivity index (χ4n) is 2.03. The quantitative estimate of drug-likeness (QED) is 0.743. The Morgan fingerprint density at radius 3 is 3.10 bits per heavy atom. The van der Waals surface area contributed by atoms with Crippen LogP contribution >= 0.6 is 11.3 Å². The Hall–Kier alpha value is -1.07. The van der Waals surface area contributed by atoms with Crippen LogP contribution in [0, 0.1) is 0 Å². The van der Waals surface area contributed by atoms with Gasteiger partial charge in [-0.05, 0) is 6.54 Å². The number of carboxylic acid groups (broad SMARTS) is 1. The van der Waals surface area contributed by atoms with Gasteiger partial charge in [0.25, 0.3) is 10.0 Å². The lowest BCUT2D eigenvalue weighted by Crippen LogP contribution is -2.47. The number of ether oxygens (including phenoxy) is 1. The molecule has 0 saturated carbocycles.